The van der Waals surface area contributed by atoms with Crippen molar-refractivity contribution in [1.82, 2.24) is 10.2 Å². The van der Waals surface area contributed by atoms with Crippen LogP contribution in [-0.2, 0) is 4.79 Å². The van der Waals surface area contributed by atoms with Crippen molar-refractivity contribution in [3.63, 3.8) is 0 Å². The van der Waals surface area contributed by atoms with E-state index in [2.05, 4.69) is 15.5 Å². The first-order valence-corrected chi connectivity index (χ1v) is 6.55. The van der Waals surface area contributed by atoms with Crippen LogP contribution in [0.4, 0.5) is 5.82 Å². The summed E-state index contributed by atoms with van der Waals surface area (Å²) in [6, 6.07) is 11.8. The molecule has 0 unspecified atom stereocenters. The summed E-state index contributed by atoms with van der Waals surface area (Å²) in [5.74, 6) is 0.486. The second-order valence-electron chi connectivity index (χ2n) is 5.66. The second kappa shape index (κ2) is 5.74. The van der Waals surface area contributed by atoms with Crippen molar-refractivity contribution in [3.05, 3.63) is 47.7 Å². The van der Waals surface area contributed by atoms with E-state index >= 15 is 0 Å². The average molecular weight is 269 g/mol. The summed E-state index contributed by atoms with van der Waals surface area (Å²) in [4.78, 5) is 11.8. The third-order valence-corrected chi connectivity index (χ3v) is 2.78. The number of anilines is 1. The van der Waals surface area contributed by atoms with Gasteiger partial charge in [-0.05, 0) is 11.6 Å². The van der Waals surface area contributed by atoms with Gasteiger partial charge in [0.1, 0.15) is 0 Å². The highest BCUT2D eigenvalue weighted by Gasteiger charge is 2.21. The van der Waals surface area contributed by atoms with E-state index in [9.17, 15) is 4.79 Å². The van der Waals surface area contributed by atoms with Crippen molar-refractivity contribution >= 4 is 23.9 Å². The van der Waals surface area contributed by atoms with Crippen molar-refractivity contribution in [2.75, 3.05) is 5.32 Å². The van der Waals surface area contributed by atoms with Gasteiger partial charge in [-0.2, -0.15) is 5.10 Å². The molecule has 1 heterocycles. The lowest BCUT2D eigenvalue weighted by Gasteiger charge is -2.15. The minimum absolute atomic E-state index is 0.0532. The number of benzene rings is 1. The van der Waals surface area contributed by atoms with Gasteiger partial charge in [0, 0.05) is 11.5 Å². The zero-order valence-electron chi connectivity index (χ0n) is 12.0. The van der Waals surface area contributed by atoms with Gasteiger partial charge in [-0.15, -0.1) is 0 Å². The van der Waals surface area contributed by atoms with Gasteiger partial charge in [-0.25, -0.2) is 0 Å². The first-order chi connectivity index (χ1) is 9.45. The zero-order chi connectivity index (χ0) is 14.6. The van der Waals surface area contributed by atoms with Gasteiger partial charge in [-0.3, -0.25) is 9.89 Å². The normalized spacial score (nSPS) is 11.8. The van der Waals surface area contributed by atoms with Crippen molar-refractivity contribution in [3.8, 4) is 0 Å². The highest BCUT2D eigenvalue weighted by Crippen LogP contribution is 2.17. The maximum absolute atomic E-state index is 11.8. The number of aromatic amines is 1. The molecule has 4 heteroatoms. The molecule has 0 bridgehead atoms. The van der Waals surface area contributed by atoms with Crippen molar-refractivity contribution in [2.45, 2.75) is 20.8 Å². The number of hydrogen-bond acceptors (Lipinski definition) is 2. The van der Waals surface area contributed by atoms with E-state index in [1.807, 2.05) is 69.3 Å². The third-order valence-electron chi connectivity index (χ3n) is 2.78. The Labute approximate surface area is 118 Å². The highest BCUT2D eigenvalue weighted by atomic mass is 16.2. The molecule has 2 aromatic rings. The molecule has 0 spiro atoms. The van der Waals surface area contributed by atoms with Crippen LogP contribution in [-0.4, -0.2) is 16.1 Å². The number of nitrogens with zero attached hydrogens (tertiary/aromatic N) is 1. The summed E-state index contributed by atoms with van der Waals surface area (Å²) in [5, 5.41) is 9.74. The number of hydrogen-bond donors (Lipinski definition) is 2. The molecule has 104 valence electrons. The molecule has 1 aromatic carbocycles. The third kappa shape index (κ3) is 3.82. The molecule has 0 saturated carbocycles. The molecule has 0 radical (unpaired) electrons. The minimum Gasteiger partial charge on any atom is -0.309 e. The molecule has 20 heavy (non-hydrogen) atoms. The fourth-order valence-corrected chi connectivity index (χ4v) is 1.54. The number of nitrogens with one attached hydrogen (secondary N) is 2. The summed E-state index contributed by atoms with van der Waals surface area (Å²) in [6.45, 7) is 5.60. The SMILES string of the molecule is CC(C)(C)C(=O)Nc1cc(/C=C/c2ccccc2)[nH]n1. The molecule has 4 nitrogen and oxygen atoms in total. The number of H-pyrrole nitrogens is 1. The van der Waals surface area contributed by atoms with E-state index < -0.39 is 5.41 Å². The van der Waals surface area contributed by atoms with Crippen LogP contribution in [0.15, 0.2) is 36.4 Å². The fraction of sp³-hybridized carbons (Fsp3) is 0.250. The van der Waals surface area contributed by atoms with E-state index in [1.165, 1.54) is 0 Å². The van der Waals surface area contributed by atoms with Crippen molar-refractivity contribution < 1.29 is 4.79 Å². The average Bonchev–Trinajstić information content (AvgIpc) is 2.84. The number of aromatic nitrogens is 2. The van der Waals surface area contributed by atoms with Gasteiger partial charge in [0.05, 0.1) is 5.69 Å². The van der Waals surface area contributed by atoms with E-state index in [-0.39, 0.29) is 5.91 Å². The summed E-state index contributed by atoms with van der Waals surface area (Å²) in [7, 11) is 0. The Morgan fingerprint density at radius 1 is 1.20 bits per heavy atom. The van der Waals surface area contributed by atoms with Gasteiger partial charge in [0.15, 0.2) is 5.82 Å². The predicted octanol–water partition coefficient (Wildman–Crippen LogP) is 3.56. The van der Waals surface area contributed by atoms with Gasteiger partial charge < -0.3 is 5.32 Å². The van der Waals surface area contributed by atoms with Crippen LogP contribution >= 0.6 is 0 Å². The molecule has 2 N–H and O–H groups in total. The van der Waals surface area contributed by atoms with Crippen LogP contribution in [0.2, 0.25) is 0 Å². The van der Waals surface area contributed by atoms with Crippen molar-refractivity contribution in [2.24, 2.45) is 5.41 Å². The van der Waals surface area contributed by atoms with Gasteiger partial charge in [0.2, 0.25) is 5.91 Å². The smallest absolute Gasteiger partial charge is 0.230 e. The summed E-state index contributed by atoms with van der Waals surface area (Å²) in [6.07, 6.45) is 3.91. The Hall–Kier alpha value is -2.36. The maximum atomic E-state index is 11.8. The first kappa shape index (κ1) is 14.1. The molecule has 0 aliphatic heterocycles. The Morgan fingerprint density at radius 2 is 1.90 bits per heavy atom. The van der Waals surface area contributed by atoms with E-state index in [4.69, 9.17) is 0 Å². The molecular weight excluding hydrogens is 250 g/mol. The molecule has 0 aliphatic carbocycles. The molecule has 0 fully saturated rings. The summed E-state index contributed by atoms with van der Waals surface area (Å²) >= 11 is 0. The summed E-state index contributed by atoms with van der Waals surface area (Å²) in [5.41, 5.74) is 1.53. The summed E-state index contributed by atoms with van der Waals surface area (Å²) < 4.78 is 0. The number of rotatable bonds is 3. The number of amides is 1. The highest BCUT2D eigenvalue weighted by molar-refractivity contribution is 5.93. The van der Waals surface area contributed by atoms with E-state index in [1.54, 1.807) is 0 Å². The maximum Gasteiger partial charge on any atom is 0.230 e. The lowest BCUT2D eigenvalue weighted by atomic mass is 9.96. The fourth-order valence-electron chi connectivity index (χ4n) is 1.54. The standard InChI is InChI=1S/C16H19N3O/c1-16(2,3)15(20)17-14-11-13(18-19-14)10-9-12-7-5-4-6-8-12/h4-11H,1-3H3,(H2,17,18,19,20)/b10-9+. The Morgan fingerprint density at radius 3 is 2.55 bits per heavy atom. The van der Waals surface area contributed by atoms with Gasteiger partial charge in [0.25, 0.3) is 0 Å². The number of carbonyl (C=O) groups is 1. The molecule has 0 saturated heterocycles. The van der Waals surface area contributed by atoms with Gasteiger partial charge >= 0.3 is 0 Å². The van der Waals surface area contributed by atoms with E-state index in [0.717, 1.165) is 11.3 Å². The van der Waals surface area contributed by atoms with Crippen LogP contribution in [0.1, 0.15) is 32.0 Å². The minimum atomic E-state index is -0.432. The molecule has 1 aromatic heterocycles. The monoisotopic (exact) mass is 269 g/mol. The Bertz CT molecular complexity index is 606. The lowest BCUT2D eigenvalue weighted by molar-refractivity contribution is -0.123. The van der Waals surface area contributed by atoms with Crippen LogP contribution in [0.5, 0.6) is 0 Å². The molecule has 2 rings (SSSR count). The molecule has 0 aliphatic rings. The quantitative estimate of drug-likeness (QED) is 0.895. The number of carbonyl (C=O) groups excluding carboxylic acids is 1. The topological polar surface area (TPSA) is 57.8 Å². The second-order valence-corrected chi connectivity index (χ2v) is 5.66. The molecule has 0 atom stereocenters. The first-order valence-electron chi connectivity index (χ1n) is 6.55. The molecule has 1 amide bonds. The lowest BCUT2D eigenvalue weighted by Crippen LogP contribution is -2.27. The Kier molecular flexibility index (Phi) is 4.03. The van der Waals surface area contributed by atoms with Crippen LogP contribution in [0, 0.1) is 5.41 Å². The van der Waals surface area contributed by atoms with Crippen molar-refractivity contribution in [1.29, 1.82) is 0 Å². The largest absolute Gasteiger partial charge is 0.309 e. The van der Waals surface area contributed by atoms with Gasteiger partial charge in [-0.1, -0.05) is 57.2 Å². The van der Waals surface area contributed by atoms with Crippen LogP contribution in [0.25, 0.3) is 12.2 Å². The van der Waals surface area contributed by atoms with Crippen LogP contribution < -0.4 is 5.32 Å². The predicted molar refractivity (Wildman–Crippen MR) is 82.0 cm³/mol. The van der Waals surface area contributed by atoms with Crippen LogP contribution in [0.3, 0.4) is 0 Å². The van der Waals surface area contributed by atoms with E-state index in [0.29, 0.717) is 5.82 Å². The molecular formula is C16H19N3O. The zero-order valence-corrected chi connectivity index (χ0v) is 12.0. The Balaban J connectivity index is 2.03.